The molecule has 1 aliphatic carbocycles. The van der Waals surface area contributed by atoms with Crippen LogP contribution in [-0.2, 0) is 6.54 Å². The molecule has 1 amide bonds. The number of methoxy groups -OCH3 is 1. The van der Waals surface area contributed by atoms with Gasteiger partial charge in [0.2, 0.25) is 0 Å². The fourth-order valence-corrected chi connectivity index (χ4v) is 4.65. The summed E-state index contributed by atoms with van der Waals surface area (Å²) in [7, 11) is 1.60. The van der Waals surface area contributed by atoms with Crippen molar-refractivity contribution in [3.8, 4) is 17.0 Å². The van der Waals surface area contributed by atoms with Crippen molar-refractivity contribution >= 4 is 28.8 Å². The number of hydrogen-bond acceptors (Lipinski definition) is 5. The molecular formula is C24H25ClN6O2. The maximum Gasteiger partial charge on any atom is 0.261 e. The Morgan fingerprint density at radius 2 is 2.15 bits per heavy atom. The van der Waals surface area contributed by atoms with Crippen LogP contribution in [0.25, 0.3) is 16.9 Å². The maximum absolute atomic E-state index is 13.2. The van der Waals surface area contributed by atoms with Gasteiger partial charge < -0.3 is 10.1 Å². The summed E-state index contributed by atoms with van der Waals surface area (Å²) in [6.07, 6.45) is 13.0. The van der Waals surface area contributed by atoms with Crippen LogP contribution in [0.3, 0.4) is 0 Å². The van der Waals surface area contributed by atoms with E-state index in [4.69, 9.17) is 21.4 Å². The summed E-state index contributed by atoms with van der Waals surface area (Å²) in [5, 5.41) is 12.6. The van der Waals surface area contributed by atoms with Crippen molar-refractivity contribution in [1.29, 1.82) is 0 Å². The number of nitrogens with one attached hydrogen (secondary N) is 1. The van der Waals surface area contributed by atoms with E-state index >= 15 is 0 Å². The van der Waals surface area contributed by atoms with E-state index in [1.807, 2.05) is 10.9 Å². The van der Waals surface area contributed by atoms with Crippen LogP contribution in [0.2, 0.25) is 5.02 Å². The van der Waals surface area contributed by atoms with Crippen molar-refractivity contribution in [2.24, 2.45) is 5.92 Å². The van der Waals surface area contributed by atoms with E-state index in [9.17, 15) is 4.79 Å². The van der Waals surface area contributed by atoms with Crippen LogP contribution in [0.1, 0.15) is 42.5 Å². The average molecular weight is 465 g/mol. The first kappa shape index (κ1) is 21.5. The van der Waals surface area contributed by atoms with Gasteiger partial charge in [-0.2, -0.15) is 10.2 Å². The Morgan fingerprint density at radius 3 is 2.97 bits per heavy atom. The molecule has 1 saturated carbocycles. The fourth-order valence-electron chi connectivity index (χ4n) is 4.48. The van der Waals surface area contributed by atoms with Crippen molar-refractivity contribution < 1.29 is 9.53 Å². The van der Waals surface area contributed by atoms with Crippen LogP contribution < -0.4 is 10.1 Å². The molecule has 0 spiro atoms. The Morgan fingerprint density at radius 1 is 1.30 bits per heavy atom. The zero-order valence-electron chi connectivity index (χ0n) is 18.4. The molecule has 0 saturated heterocycles. The minimum atomic E-state index is -0.304. The minimum absolute atomic E-state index is 0.304. The summed E-state index contributed by atoms with van der Waals surface area (Å²) in [5.41, 5.74) is 2.79. The van der Waals surface area contributed by atoms with Crippen LogP contribution in [0.4, 0.5) is 5.69 Å². The predicted octanol–water partition coefficient (Wildman–Crippen LogP) is 5.09. The standard InChI is InChI=1S/C24H25ClN6O2/c1-33-21-8-7-17(25)13-18(21)22-20(15-30(29-22)12-9-16-5-2-3-6-16)28-24(32)19-14-27-31-11-4-10-26-23(19)31/h4,7-8,10-11,13-16H,2-3,5-6,9,12H2,1H3,(H,28,32). The SMILES string of the molecule is COc1ccc(Cl)cc1-c1nn(CCC2CCCC2)cc1NC(=O)c1cnn2cccnc12. The van der Waals surface area contributed by atoms with Gasteiger partial charge in [0.25, 0.3) is 5.91 Å². The minimum Gasteiger partial charge on any atom is -0.496 e. The number of carbonyl (C=O) groups is 1. The molecule has 170 valence electrons. The number of halogens is 1. The van der Waals surface area contributed by atoms with E-state index in [1.165, 1.54) is 31.9 Å². The molecule has 1 N–H and O–H groups in total. The predicted molar refractivity (Wildman–Crippen MR) is 127 cm³/mol. The Balaban J connectivity index is 1.49. The fraction of sp³-hybridized carbons (Fsp3) is 0.333. The molecule has 0 bridgehead atoms. The first-order chi connectivity index (χ1) is 16.1. The van der Waals surface area contributed by atoms with Gasteiger partial charge in [-0.15, -0.1) is 0 Å². The first-order valence-electron chi connectivity index (χ1n) is 11.1. The number of aromatic nitrogens is 5. The number of fused-ring (bicyclic) bond motifs is 1. The zero-order valence-corrected chi connectivity index (χ0v) is 19.1. The van der Waals surface area contributed by atoms with Crippen LogP contribution in [-0.4, -0.2) is 37.4 Å². The number of ether oxygens (including phenoxy) is 1. The molecule has 1 aliphatic rings. The summed E-state index contributed by atoms with van der Waals surface area (Å²) in [6, 6.07) is 7.13. The molecule has 9 heteroatoms. The highest BCUT2D eigenvalue weighted by Gasteiger charge is 2.21. The topological polar surface area (TPSA) is 86.3 Å². The lowest BCUT2D eigenvalue weighted by Gasteiger charge is -2.09. The van der Waals surface area contributed by atoms with E-state index in [2.05, 4.69) is 15.4 Å². The molecule has 1 aromatic carbocycles. The first-order valence-corrected chi connectivity index (χ1v) is 11.5. The van der Waals surface area contributed by atoms with Gasteiger partial charge in [-0.1, -0.05) is 37.3 Å². The zero-order chi connectivity index (χ0) is 22.8. The second-order valence-corrected chi connectivity index (χ2v) is 8.77. The molecule has 5 rings (SSSR count). The molecule has 0 radical (unpaired) electrons. The number of rotatable bonds is 7. The highest BCUT2D eigenvalue weighted by molar-refractivity contribution is 6.31. The van der Waals surface area contributed by atoms with Crippen molar-refractivity contribution in [2.75, 3.05) is 12.4 Å². The summed E-state index contributed by atoms with van der Waals surface area (Å²) in [5.74, 6) is 1.07. The monoisotopic (exact) mass is 464 g/mol. The summed E-state index contributed by atoms with van der Waals surface area (Å²) in [6.45, 7) is 0.786. The van der Waals surface area contributed by atoms with Crippen LogP contribution in [0, 0.1) is 5.92 Å². The molecule has 33 heavy (non-hydrogen) atoms. The second kappa shape index (κ2) is 9.23. The van der Waals surface area contributed by atoms with Gasteiger partial charge in [0.1, 0.15) is 17.0 Å². The van der Waals surface area contributed by atoms with Gasteiger partial charge in [0.05, 0.1) is 19.0 Å². The second-order valence-electron chi connectivity index (χ2n) is 8.34. The van der Waals surface area contributed by atoms with Gasteiger partial charge in [0, 0.05) is 35.7 Å². The normalized spacial score (nSPS) is 14.1. The molecule has 3 aromatic heterocycles. The third-order valence-electron chi connectivity index (χ3n) is 6.19. The van der Waals surface area contributed by atoms with E-state index in [0.717, 1.165) is 24.4 Å². The van der Waals surface area contributed by atoms with E-state index in [-0.39, 0.29) is 5.91 Å². The number of nitrogens with zero attached hydrogens (tertiary/aromatic N) is 5. The molecule has 8 nitrogen and oxygen atoms in total. The Kier molecular flexibility index (Phi) is 6.00. The van der Waals surface area contributed by atoms with Crippen molar-refractivity contribution in [1.82, 2.24) is 24.4 Å². The number of aryl methyl sites for hydroxylation is 1. The highest BCUT2D eigenvalue weighted by atomic mass is 35.5. The smallest absolute Gasteiger partial charge is 0.261 e. The third kappa shape index (κ3) is 4.43. The lowest BCUT2D eigenvalue weighted by atomic mass is 10.0. The van der Waals surface area contributed by atoms with Gasteiger partial charge in [0.15, 0.2) is 5.65 Å². The largest absolute Gasteiger partial charge is 0.496 e. The Bertz CT molecular complexity index is 1290. The molecule has 0 atom stereocenters. The van der Waals surface area contributed by atoms with Gasteiger partial charge >= 0.3 is 0 Å². The summed E-state index contributed by atoms with van der Waals surface area (Å²) in [4.78, 5) is 17.5. The lowest BCUT2D eigenvalue weighted by molar-refractivity contribution is 0.102. The Labute approximate surface area is 196 Å². The number of benzene rings is 1. The number of carbonyl (C=O) groups excluding carboxylic acids is 1. The Hall–Kier alpha value is -3.39. The summed E-state index contributed by atoms with van der Waals surface area (Å²) < 4.78 is 9.02. The number of amides is 1. The van der Waals surface area contributed by atoms with E-state index in [0.29, 0.717) is 33.4 Å². The van der Waals surface area contributed by atoms with Crippen LogP contribution in [0.5, 0.6) is 5.75 Å². The third-order valence-corrected chi connectivity index (χ3v) is 6.43. The molecule has 3 heterocycles. The lowest BCUT2D eigenvalue weighted by Crippen LogP contribution is -2.12. The molecule has 4 aromatic rings. The number of anilines is 1. The van der Waals surface area contributed by atoms with Crippen molar-refractivity contribution in [3.63, 3.8) is 0 Å². The molecule has 0 unspecified atom stereocenters. The van der Waals surface area contributed by atoms with Crippen molar-refractivity contribution in [3.05, 3.63) is 59.6 Å². The maximum atomic E-state index is 13.2. The van der Waals surface area contributed by atoms with E-state index < -0.39 is 0 Å². The van der Waals surface area contributed by atoms with Crippen molar-refractivity contribution in [2.45, 2.75) is 38.6 Å². The highest BCUT2D eigenvalue weighted by Crippen LogP contribution is 2.36. The molecule has 0 aliphatic heterocycles. The number of hydrogen-bond donors (Lipinski definition) is 1. The average Bonchev–Trinajstić information content (AvgIpc) is 3.57. The van der Waals surface area contributed by atoms with Gasteiger partial charge in [-0.3, -0.25) is 9.48 Å². The van der Waals surface area contributed by atoms with Gasteiger partial charge in [-0.05, 0) is 36.6 Å². The van der Waals surface area contributed by atoms with E-state index in [1.54, 1.807) is 48.3 Å². The van der Waals surface area contributed by atoms with Gasteiger partial charge in [-0.25, -0.2) is 9.50 Å². The summed E-state index contributed by atoms with van der Waals surface area (Å²) >= 11 is 6.29. The molecule has 1 fully saturated rings. The molecular weight excluding hydrogens is 440 g/mol. The van der Waals surface area contributed by atoms with Crippen LogP contribution >= 0.6 is 11.6 Å². The quantitative estimate of drug-likeness (QED) is 0.411. The van der Waals surface area contributed by atoms with Crippen LogP contribution in [0.15, 0.2) is 49.1 Å².